The lowest BCUT2D eigenvalue weighted by molar-refractivity contribution is 0.212. The number of pyridine rings is 1. The molecule has 0 bridgehead atoms. The summed E-state index contributed by atoms with van der Waals surface area (Å²) in [4.78, 5) is 8.98. The van der Waals surface area contributed by atoms with Crippen molar-refractivity contribution >= 4 is 5.82 Å². The maximum Gasteiger partial charge on any atom is 0.171 e. The first-order valence-corrected chi connectivity index (χ1v) is 7.66. The molecule has 0 amide bonds. The van der Waals surface area contributed by atoms with Crippen LogP contribution in [0.15, 0.2) is 18.3 Å². The van der Waals surface area contributed by atoms with Gasteiger partial charge in [0.2, 0.25) is 0 Å². The van der Waals surface area contributed by atoms with Gasteiger partial charge in [0.15, 0.2) is 11.6 Å². The van der Waals surface area contributed by atoms with E-state index in [-0.39, 0.29) is 12.1 Å². The van der Waals surface area contributed by atoms with E-state index in [2.05, 4.69) is 27.8 Å². The van der Waals surface area contributed by atoms with Crippen LogP contribution in [0, 0.1) is 11.3 Å². The van der Waals surface area contributed by atoms with Crippen LogP contribution in [0.2, 0.25) is 0 Å². The van der Waals surface area contributed by atoms with Gasteiger partial charge >= 0.3 is 0 Å². The van der Waals surface area contributed by atoms with Gasteiger partial charge in [-0.2, -0.15) is 5.26 Å². The van der Waals surface area contributed by atoms with E-state index in [1.807, 2.05) is 26.0 Å². The Balaban J connectivity index is 2.04. The smallest absolute Gasteiger partial charge is 0.171 e. The SMILES string of the molecule is CCC(C#N)N1CCN(c2ncccc2OC(C)C)CC1. The van der Waals surface area contributed by atoms with Crippen molar-refractivity contribution in [2.45, 2.75) is 39.3 Å². The molecule has 0 aromatic carbocycles. The molecule has 114 valence electrons. The van der Waals surface area contributed by atoms with E-state index in [1.165, 1.54) is 0 Å². The Morgan fingerprint density at radius 1 is 1.33 bits per heavy atom. The van der Waals surface area contributed by atoms with Gasteiger partial charge in [0, 0.05) is 32.4 Å². The van der Waals surface area contributed by atoms with Crippen molar-refractivity contribution in [3.63, 3.8) is 0 Å². The van der Waals surface area contributed by atoms with Crippen LogP contribution in [-0.4, -0.2) is 48.2 Å². The molecule has 1 aromatic rings. The Morgan fingerprint density at radius 2 is 2.05 bits per heavy atom. The zero-order valence-electron chi connectivity index (χ0n) is 13.1. The molecular weight excluding hydrogens is 264 g/mol. The van der Waals surface area contributed by atoms with Crippen LogP contribution in [0.4, 0.5) is 5.82 Å². The molecule has 2 heterocycles. The minimum Gasteiger partial charge on any atom is -0.487 e. The fourth-order valence-corrected chi connectivity index (χ4v) is 2.64. The lowest BCUT2D eigenvalue weighted by Gasteiger charge is -2.37. The lowest BCUT2D eigenvalue weighted by atomic mass is 10.2. The maximum absolute atomic E-state index is 9.17. The third kappa shape index (κ3) is 3.85. The molecule has 1 aliphatic heterocycles. The molecule has 0 radical (unpaired) electrons. The van der Waals surface area contributed by atoms with Gasteiger partial charge in [-0.15, -0.1) is 0 Å². The molecule has 5 nitrogen and oxygen atoms in total. The second-order valence-corrected chi connectivity index (χ2v) is 5.57. The number of aromatic nitrogens is 1. The predicted molar refractivity (Wildman–Crippen MR) is 83.5 cm³/mol. The van der Waals surface area contributed by atoms with Crippen LogP contribution in [0.1, 0.15) is 27.2 Å². The molecule has 0 spiro atoms. The molecule has 21 heavy (non-hydrogen) atoms. The number of rotatable bonds is 5. The third-order valence-electron chi connectivity index (χ3n) is 3.70. The first-order valence-electron chi connectivity index (χ1n) is 7.66. The maximum atomic E-state index is 9.17. The van der Waals surface area contributed by atoms with Crippen LogP contribution >= 0.6 is 0 Å². The zero-order valence-corrected chi connectivity index (χ0v) is 13.1. The first-order chi connectivity index (χ1) is 10.2. The topological polar surface area (TPSA) is 52.4 Å². The first kappa shape index (κ1) is 15.6. The van der Waals surface area contributed by atoms with Gasteiger partial charge in [0.25, 0.3) is 0 Å². The molecule has 1 unspecified atom stereocenters. The average Bonchev–Trinajstić information content (AvgIpc) is 2.49. The summed E-state index contributed by atoms with van der Waals surface area (Å²) in [6.07, 6.45) is 2.82. The van der Waals surface area contributed by atoms with Crippen LogP contribution < -0.4 is 9.64 Å². The van der Waals surface area contributed by atoms with Gasteiger partial charge < -0.3 is 9.64 Å². The predicted octanol–water partition coefficient (Wildman–Crippen LogP) is 2.29. The summed E-state index contributed by atoms with van der Waals surface area (Å²) < 4.78 is 5.85. The van der Waals surface area contributed by atoms with Gasteiger partial charge in [-0.3, -0.25) is 4.90 Å². The highest BCUT2D eigenvalue weighted by Gasteiger charge is 2.24. The third-order valence-corrected chi connectivity index (χ3v) is 3.70. The molecule has 2 rings (SSSR count). The van der Waals surface area contributed by atoms with Gasteiger partial charge in [-0.25, -0.2) is 4.98 Å². The summed E-state index contributed by atoms with van der Waals surface area (Å²) in [5.74, 6) is 1.75. The normalized spacial score (nSPS) is 17.6. The Hall–Kier alpha value is -1.80. The van der Waals surface area contributed by atoms with Crippen molar-refractivity contribution in [2.75, 3.05) is 31.1 Å². The van der Waals surface area contributed by atoms with Crippen LogP contribution in [0.25, 0.3) is 0 Å². The van der Waals surface area contributed by atoms with E-state index in [4.69, 9.17) is 10.00 Å². The highest BCUT2D eigenvalue weighted by atomic mass is 16.5. The van der Waals surface area contributed by atoms with Crippen molar-refractivity contribution in [2.24, 2.45) is 0 Å². The van der Waals surface area contributed by atoms with Gasteiger partial charge in [0.1, 0.15) is 0 Å². The van der Waals surface area contributed by atoms with E-state index in [9.17, 15) is 0 Å². The minimum absolute atomic E-state index is 0.0299. The Kier molecular flexibility index (Phi) is 5.40. The summed E-state index contributed by atoms with van der Waals surface area (Å²) in [6, 6.07) is 6.28. The summed E-state index contributed by atoms with van der Waals surface area (Å²) in [5.41, 5.74) is 0. The van der Waals surface area contributed by atoms with Gasteiger partial charge in [-0.1, -0.05) is 6.92 Å². The van der Waals surface area contributed by atoms with Crippen molar-refractivity contribution in [1.29, 1.82) is 5.26 Å². The number of hydrogen-bond donors (Lipinski definition) is 0. The van der Waals surface area contributed by atoms with E-state index >= 15 is 0 Å². The lowest BCUT2D eigenvalue weighted by Crippen LogP contribution is -2.50. The van der Waals surface area contributed by atoms with Crippen LogP contribution in [0.5, 0.6) is 5.75 Å². The van der Waals surface area contributed by atoms with E-state index in [0.29, 0.717) is 0 Å². The number of nitriles is 1. The number of piperazine rings is 1. The number of nitrogens with zero attached hydrogens (tertiary/aromatic N) is 4. The highest BCUT2D eigenvalue weighted by molar-refractivity contribution is 5.52. The van der Waals surface area contributed by atoms with Gasteiger partial charge in [0.05, 0.1) is 18.2 Å². The van der Waals surface area contributed by atoms with Crippen LogP contribution in [0.3, 0.4) is 0 Å². The molecule has 5 heteroatoms. The number of anilines is 1. The zero-order chi connectivity index (χ0) is 15.2. The molecule has 0 aliphatic carbocycles. The quantitative estimate of drug-likeness (QED) is 0.832. The molecular formula is C16H24N4O. The number of hydrogen-bond acceptors (Lipinski definition) is 5. The second-order valence-electron chi connectivity index (χ2n) is 5.57. The molecule has 1 saturated heterocycles. The van der Waals surface area contributed by atoms with Crippen molar-refractivity contribution < 1.29 is 4.74 Å². The van der Waals surface area contributed by atoms with E-state index in [0.717, 1.165) is 44.2 Å². The standard InChI is InChI=1S/C16H24N4O/c1-4-14(12-17)19-8-10-20(11-9-19)16-15(21-13(2)3)6-5-7-18-16/h5-7,13-14H,4,8-11H2,1-3H3. The fraction of sp³-hybridized carbons (Fsp3) is 0.625. The molecule has 0 saturated carbocycles. The monoisotopic (exact) mass is 288 g/mol. The Bertz CT molecular complexity index is 489. The summed E-state index contributed by atoms with van der Waals surface area (Å²) in [7, 11) is 0. The number of ether oxygens (including phenoxy) is 1. The van der Waals surface area contributed by atoms with Crippen LogP contribution in [-0.2, 0) is 0 Å². The average molecular weight is 288 g/mol. The molecule has 1 fully saturated rings. The van der Waals surface area contributed by atoms with Crippen molar-refractivity contribution in [3.8, 4) is 11.8 Å². The molecule has 1 aliphatic rings. The molecule has 0 N–H and O–H groups in total. The molecule has 1 atom stereocenters. The Labute approximate surface area is 127 Å². The Morgan fingerprint density at radius 3 is 2.62 bits per heavy atom. The second kappa shape index (κ2) is 7.28. The molecule has 1 aromatic heterocycles. The van der Waals surface area contributed by atoms with Crippen molar-refractivity contribution in [1.82, 2.24) is 9.88 Å². The summed E-state index contributed by atoms with van der Waals surface area (Å²) in [5, 5.41) is 9.17. The summed E-state index contributed by atoms with van der Waals surface area (Å²) in [6.45, 7) is 9.65. The minimum atomic E-state index is 0.0299. The van der Waals surface area contributed by atoms with Crippen molar-refractivity contribution in [3.05, 3.63) is 18.3 Å². The highest BCUT2D eigenvalue weighted by Crippen LogP contribution is 2.27. The largest absolute Gasteiger partial charge is 0.487 e. The van der Waals surface area contributed by atoms with E-state index in [1.54, 1.807) is 6.20 Å². The summed E-state index contributed by atoms with van der Waals surface area (Å²) >= 11 is 0. The van der Waals surface area contributed by atoms with Gasteiger partial charge in [-0.05, 0) is 32.4 Å². The van der Waals surface area contributed by atoms with E-state index < -0.39 is 0 Å². The fourth-order valence-electron chi connectivity index (χ4n) is 2.64.